The molecule has 2 aromatic carbocycles. The number of nitrogens with zero attached hydrogens (tertiary/aromatic N) is 4. The highest BCUT2D eigenvalue weighted by Crippen LogP contribution is 2.25. The van der Waals surface area contributed by atoms with E-state index in [-0.39, 0.29) is 5.91 Å². The van der Waals surface area contributed by atoms with E-state index in [2.05, 4.69) is 22.3 Å². The first-order valence-corrected chi connectivity index (χ1v) is 10.6. The van der Waals surface area contributed by atoms with Crippen LogP contribution in [0, 0.1) is 0 Å². The van der Waals surface area contributed by atoms with Crippen LogP contribution in [0.1, 0.15) is 25.2 Å². The van der Waals surface area contributed by atoms with Crippen molar-refractivity contribution in [2.24, 2.45) is 0 Å². The minimum absolute atomic E-state index is 0.102. The molecule has 0 radical (unpaired) electrons. The van der Waals surface area contributed by atoms with Crippen molar-refractivity contribution in [2.75, 3.05) is 18.8 Å². The number of hydrogen-bond donors (Lipinski definition) is 0. The molecule has 146 valence electrons. The van der Waals surface area contributed by atoms with Crippen LogP contribution >= 0.6 is 23.4 Å². The summed E-state index contributed by atoms with van der Waals surface area (Å²) in [5.41, 5.74) is 2.08. The van der Waals surface area contributed by atoms with Gasteiger partial charge in [0.2, 0.25) is 5.91 Å². The molecule has 7 heteroatoms. The number of thioether (sulfide) groups is 1. The Morgan fingerprint density at radius 1 is 1.04 bits per heavy atom. The minimum atomic E-state index is 0.102. The van der Waals surface area contributed by atoms with Gasteiger partial charge in [0, 0.05) is 30.2 Å². The lowest BCUT2D eigenvalue weighted by Gasteiger charge is -2.18. The molecule has 0 unspecified atom stereocenters. The standard InChI is InChI=1S/C21H23ClN4OS/c1-3-25(4-2)20(27)15-28-21-24-23-19(14-16-8-6-5-7-9-16)26(21)18-12-10-17(22)11-13-18/h5-13H,3-4,14-15H2,1-2H3. The van der Waals surface area contributed by atoms with E-state index in [0.29, 0.717) is 35.4 Å². The van der Waals surface area contributed by atoms with Crippen LogP contribution in [0.4, 0.5) is 0 Å². The number of rotatable bonds is 8. The van der Waals surface area contributed by atoms with Crippen molar-refractivity contribution in [2.45, 2.75) is 25.4 Å². The molecule has 0 aliphatic heterocycles. The number of carbonyl (C=O) groups is 1. The summed E-state index contributed by atoms with van der Waals surface area (Å²) >= 11 is 7.47. The highest BCUT2D eigenvalue weighted by atomic mass is 35.5. The summed E-state index contributed by atoms with van der Waals surface area (Å²) in [6, 6.07) is 17.7. The topological polar surface area (TPSA) is 51.0 Å². The van der Waals surface area contributed by atoms with Gasteiger partial charge in [0.1, 0.15) is 5.82 Å². The van der Waals surface area contributed by atoms with Gasteiger partial charge < -0.3 is 4.90 Å². The molecule has 1 heterocycles. The SMILES string of the molecule is CCN(CC)C(=O)CSc1nnc(Cc2ccccc2)n1-c1ccc(Cl)cc1. The maximum Gasteiger partial charge on any atom is 0.233 e. The van der Waals surface area contributed by atoms with Gasteiger partial charge in [-0.1, -0.05) is 53.7 Å². The normalized spacial score (nSPS) is 10.8. The molecule has 0 N–H and O–H groups in total. The lowest BCUT2D eigenvalue weighted by Crippen LogP contribution is -2.31. The lowest BCUT2D eigenvalue weighted by molar-refractivity contribution is -0.127. The fourth-order valence-electron chi connectivity index (χ4n) is 2.93. The molecule has 0 fully saturated rings. The number of amides is 1. The van der Waals surface area contributed by atoms with Crippen molar-refractivity contribution in [1.29, 1.82) is 0 Å². The molecule has 0 bridgehead atoms. The summed E-state index contributed by atoms with van der Waals surface area (Å²) in [7, 11) is 0. The van der Waals surface area contributed by atoms with E-state index >= 15 is 0 Å². The summed E-state index contributed by atoms with van der Waals surface area (Å²) in [4.78, 5) is 14.2. The van der Waals surface area contributed by atoms with Crippen molar-refractivity contribution in [1.82, 2.24) is 19.7 Å². The molecule has 3 aromatic rings. The summed E-state index contributed by atoms with van der Waals surface area (Å²) < 4.78 is 2.00. The monoisotopic (exact) mass is 414 g/mol. The van der Waals surface area contributed by atoms with Crippen LogP contribution in [-0.4, -0.2) is 44.4 Å². The van der Waals surface area contributed by atoms with Crippen LogP contribution in [0.15, 0.2) is 59.8 Å². The van der Waals surface area contributed by atoms with Crippen LogP contribution in [0.3, 0.4) is 0 Å². The van der Waals surface area contributed by atoms with E-state index in [1.54, 1.807) is 0 Å². The predicted molar refractivity (Wildman–Crippen MR) is 114 cm³/mol. The molecule has 1 aromatic heterocycles. The first-order chi connectivity index (χ1) is 13.6. The molecular weight excluding hydrogens is 392 g/mol. The van der Waals surface area contributed by atoms with E-state index in [4.69, 9.17) is 11.6 Å². The molecule has 3 rings (SSSR count). The average molecular weight is 415 g/mol. The number of carbonyl (C=O) groups excluding carboxylic acids is 1. The molecular formula is C21H23ClN4OS. The molecule has 0 atom stereocenters. The third kappa shape index (κ3) is 4.94. The van der Waals surface area contributed by atoms with Crippen molar-refractivity contribution in [3.05, 3.63) is 71.0 Å². The molecule has 5 nitrogen and oxygen atoms in total. The van der Waals surface area contributed by atoms with Crippen LogP contribution in [0.25, 0.3) is 5.69 Å². The largest absolute Gasteiger partial charge is 0.343 e. The van der Waals surface area contributed by atoms with Crippen molar-refractivity contribution >= 4 is 29.3 Å². The van der Waals surface area contributed by atoms with Gasteiger partial charge in [-0.25, -0.2) is 0 Å². The number of hydrogen-bond acceptors (Lipinski definition) is 4. The van der Waals surface area contributed by atoms with Crippen LogP contribution < -0.4 is 0 Å². The van der Waals surface area contributed by atoms with E-state index in [1.165, 1.54) is 11.8 Å². The molecule has 28 heavy (non-hydrogen) atoms. The Kier molecular flexibility index (Phi) is 7.12. The van der Waals surface area contributed by atoms with Crippen LogP contribution in [0.2, 0.25) is 5.02 Å². The first kappa shape index (κ1) is 20.4. The van der Waals surface area contributed by atoms with Gasteiger partial charge in [0.05, 0.1) is 5.75 Å². The fourth-order valence-corrected chi connectivity index (χ4v) is 3.93. The zero-order valence-electron chi connectivity index (χ0n) is 16.0. The number of halogens is 1. The van der Waals surface area contributed by atoms with E-state index in [1.807, 2.05) is 65.8 Å². The third-order valence-electron chi connectivity index (χ3n) is 4.43. The quantitative estimate of drug-likeness (QED) is 0.510. The van der Waals surface area contributed by atoms with Crippen LogP contribution in [-0.2, 0) is 11.2 Å². The smallest absolute Gasteiger partial charge is 0.233 e. The molecule has 1 amide bonds. The molecule has 0 aliphatic carbocycles. The molecule has 0 saturated heterocycles. The highest BCUT2D eigenvalue weighted by Gasteiger charge is 2.18. The first-order valence-electron chi connectivity index (χ1n) is 9.27. The zero-order valence-corrected chi connectivity index (χ0v) is 17.6. The Bertz CT molecular complexity index is 908. The highest BCUT2D eigenvalue weighted by molar-refractivity contribution is 7.99. The fraction of sp³-hybridized carbons (Fsp3) is 0.286. The third-order valence-corrected chi connectivity index (χ3v) is 5.60. The second-order valence-electron chi connectivity index (χ2n) is 6.23. The maximum atomic E-state index is 12.4. The Labute approximate surface area is 174 Å². The summed E-state index contributed by atoms with van der Waals surface area (Å²) in [5, 5.41) is 10.1. The molecule has 0 spiro atoms. The lowest BCUT2D eigenvalue weighted by atomic mass is 10.1. The average Bonchev–Trinajstić information content (AvgIpc) is 3.11. The Balaban J connectivity index is 1.89. The maximum absolute atomic E-state index is 12.4. The van der Waals surface area contributed by atoms with E-state index in [9.17, 15) is 4.79 Å². The summed E-state index contributed by atoms with van der Waals surface area (Å²) in [6.07, 6.45) is 0.654. The van der Waals surface area contributed by atoms with Gasteiger partial charge in [-0.15, -0.1) is 10.2 Å². The van der Waals surface area contributed by atoms with Crippen molar-refractivity contribution < 1.29 is 4.79 Å². The second-order valence-corrected chi connectivity index (χ2v) is 7.61. The van der Waals surface area contributed by atoms with E-state index in [0.717, 1.165) is 17.1 Å². The minimum Gasteiger partial charge on any atom is -0.343 e. The Morgan fingerprint density at radius 2 is 1.71 bits per heavy atom. The van der Waals surface area contributed by atoms with Gasteiger partial charge in [-0.3, -0.25) is 9.36 Å². The molecule has 0 saturated carbocycles. The van der Waals surface area contributed by atoms with Gasteiger partial charge in [0.25, 0.3) is 0 Å². The summed E-state index contributed by atoms with van der Waals surface area (Å²) in [6.45, 7) is 5.39. The van der Waals surface area contributed by atoms with Gasteiger partial charge in [0.15, 0.2) is 5.16 Å². The summed E-state index contributed by atoms with van der Waals surface area (Å²) in [5.74, 6) is 1.26. The predicted octanol–water partition coefficient (Wildman–Crippen LogP) is 4.47. The Morgan fingerprint density at radius 3 is 2.36 bits per heavy atom. The number of benzene rings is 2. The van der Waals surface area contributed by atoms with Crippen molar-refractivity contribution in [3.8, 4) is 5.69 Å². The zero-order chi connectivity index (χ0) is 19.9. The Hall–Kier alpha value is -2.31. The van der Waals surface area contributed by atoms with Gasteiger partial charge in [-0.2, -0.15) is 0 Å². The number of aromatic nitrogens is 3. The van der Waals surface area contributed by atoms with Gasteiger partial charge in [-0.05, 0) is 43.7 Å². The van der Waals surface area contributed by atoms with Crippen LogP contribution in [0.5, 0.6) is 0 Å². The van der Waals surface area contributed by atoms with Gasteiger partial charge >= 0.3 is 0 Å². The van der Waals surface area contributed by atoms with Crippen molar-refractivity contribution in [3.63, 3.8) is 0 Å². The second kappa shape index (κ2) is 9.75. The van der Waals surface area contributed by atoms with E-state index < -0.39 is 0 Å². The molecule has 0 aliphatic rings.